The second-order valence-electron chi connectivity index (χ2n) is 8.07. The van der Waals surface area contributed by atoms with Crippen molar-refractivity contribution in [3.05, 3.63) is 54.0 Å². The van der Waals surface area contributed by atoms with E-state index in [4.69, 9.17) is 15.2 Å². The summed E-state index contributed by atoms with van der Waals surface area (Å²) < 4.78 is 0. The summed E-state index contributed by atoms with van der Waals surface area (Å²) >= 11 is 0. The number of rotatable bonds is 3. The second-order valence-corrected chi connectivity index (χ2v) is 8.07. The van der Waals surface area contributed by atoms with Crippen molar-refractivity contribution in [2.24, 2.45) is 5.92 Å². The molecule has 2 aliphatic rings. The minimum Gasteiger partial charge on any atom is -0.355 e. The fourth-order valence-corrected chi connectivity index (χ4v) is 4.43. The van der Waals surface area contributed by atoms with E-state index in [1.54, 1.807) is 12.4 Å². The molecule has 3 aromatic rings. The van der Waals surface area contributed by atoms with Gasteiger partial charge >= 0.3 is 0 Å². The van der Waals surface area contributed by atoms with E-state index in [-0.39, 0.29) is 5.92 Å². The van der Waals surface area contributed by atoms with Crippen molar-refractivity contribution >= 4 is 22.5 Å². The molecule has 0 atom stereocenters. The first-order valence-corrected chi connectivity index (χ1v) is 10.3. The second kappa shape index (κ2) is 7.32. The van der Waals surface area contributed by atoms with E-state index in [9.17, 15) is 0 Å². The van der Waals surface area contributed by atoms with Crippen LogP contribution in [0.15, 0.2) is 42.7 Å². The Morgan fingerprint density at radius 3 is 2.59 bits per heavy atom. The zero-order chi connectivity index (χ0) is 19.8. The Balaban J connectivity index is 1.34. The van der Waals surface area contributed by atoms with Crippen LogP contribution in [0.1, 0.15) is 30.0 Å². The molecule has 0 bridgehead atoms. The van der Waals surface area contributed by atoms with Gasteiger partial charge in [-0.3, -0.25) is 4.98 Å². The number of hydrogen-bond acceptors (Lipinski definition) is 6. The Labute approximate surface area is 170 Å². The summed E-state index contributed by atoms with van der Waals surface area (Å²) in [5.74, 6) is 2.57. The van der Waals surface area contributed by atoms with Crippen LogP contribution in [0.2, 0.25) is 0 Å². The molecule has 0 unspecified atom stereocenters. The van der Waals surface area contributed by atoms with E-state index >= 15 is 0 Å². The molecule has 146 valence electrons. The number of nitriles is 1. The van der Waals surface area contributed by atoms with Crippen LogP contribution in [0.25, 0.3) is 10.9 Å². The highest BCUT2D eigenvalue weighted by Gasteiger charge is 2.34. The van der Waals surface area contributed by atoms with Gasteiger partial charge in [0.1, 0.15) is 5.82 Å². The zero-order valence-electron chi connectivity index (χ0n) is 16.6. The number of fused-ring (bicyclic) bond motifs is 1. The third kappa shape index (κ3) is 3.27. The summed E-state index contributed by atoms with van der Waals surface area (Å²) in [7, 11) is 0. The van der Waals surface area contributed by atoms with E-state index in [1.807, 2.05) is 6.07 Å². The Bertz CT molecular complexity index is 1070. The number of aromatic nitrogens is 3. The molecule has 0 spiro atoms. The van der Waals surface area contributed by atoms with Crippen molar-refractivity contribution in [3.8, 4) is 6.07 Å². The lowest BCUT2D eigenvalue weighted by Crippen LogP contribution is -2.47. The molecule has 0 aliphatic carbocycles. The quantitative estimate of drug-likeness (QED) is 0.686. The Morgan fingerprint density at radius 2 is 1.79 bits per heavy atom. The van der Waals surface area contributed by atoms with Crippen molar-refractivity contribution in [2.45, 2.75) is 25.7 Å². The highest BCUT2D eigenvalue weighted by molar-refractivity contribution is 5.84. The summed E-state index contributed by atoms with van der Waals surface area (Å²) in [5.41, 5.74) is 3.39. The van der Waals surface area contributed by atoms with Crippen LogP contribution < -0.4 is 9.80 Å². The topological polar surface area (TPSA) is 68.9 Å². The first-order chi connectivity index (χ1) is 14.2. The van der Waals surface area contributed by atoms with Crippen LogP contribution in [0, 0.1) is 24.2 Å². The summed E-state index contributed by atoms with van der Waals surface area (Å²) in [5, 5.41) is 10.4. The number of anilines is 2. The van der Waals surface area contributed by atoms with Crippen LogP contribution in [0.5, 0.6) is 0 Å². The lowest BCUT2D eigenvalue weighted by molar-refractivity contribution is 0.473. The summed E-state index contributed by atoms with van der Waals surface area (Å²) in [4.78, 5) is 18.8. The predicted octanol–water partition coefficient (Wildman–Crippen LogP) is 3.68. The summed E-state index contributed by atoms with van der Waals surface area (Å²) in [6, 6.07) is 12.9. The molecule has 6 nitrogen and oxygen atoms in total. The third-order valence-corrected chi connectivity index (χ3v) is 6.19. The Kier molecular flexibility index (Phi) is 4.51. The molecule has 5 rings (SSSR count). The maximum Gasteiger partial charge on any atom is 0.150 e. The maximum atomic E-state index is 9.15. The van der Waals surface area contributed by atoms with Gasteiger partial charge < -0.3 is 9.80 Å². The van der Waals surface area contributed by atoms with Gasteiger partial charge in [0.15, 0.2) is 5.82 Å². The van der Waals surface area contributed by atoms with Gasteiger partial charge in [-0.1, -0.05) is 18.2 Å². The minimum absolute atomic E-state index is 0.174. The van der Waals surface area contributed by atoms with Crippen molar-refractivity contribution in [3.63, 3.8) is 0 Å². The molecule has 2 saturated heterocycles. The number of benzene rings is 1. The Morgan fingerprint density at radius 1 is 1.03 bits per heavy atom. The molecule has 2 aromatic heterocycles. The molecule has 0 saturated carbocycles. The standard InChI is InChI=1S/C23H24N6/c1-16-12-21(27-20-5-3-2-4-19(16)20)29-14-18(15-29)22-23(26-9-8-25-22)28-10-6-17(13-24)7-11-28/h2-5,8-9,12,17-18H,6-7,10-11,14-15H2,1H3. The fraction of sp³-hybridized carbons (Fsp3) is 0.391. The normalized spacial score (nSPS) is 17.9. The van der Waals surface area contributed by atoms with Gasteiger partial charge in [0.25, 0.3) is 0 Å². The molecular formula is C23H24N6. The molecule has 1 aromatic carbocycles. The van der Waals surface area contributed by atoms with Crippen LogP contribution in [-0.2, 0) is 0 Å². The van der Waals surface area contributed by atoms with Gasteiger partial charge in [-0.25, -0.2) is 9.97 Å². The van der Waals surface area contributed by atoms with Crippen LogP contribution in [0.4, 0.5) is 11.6 Å². The first kappa shape index (κ1) is 17.9. The number of aryl methyl sites for hydroxylation is 1. The van der Waals surface area contributed by atoms with E-state index < -0.39 is 0 Å². The van der Waals surface area contributed by atoms with Crippen LogP contribution in [0.3, 0.4) is 0 Å². The number of para-hydroxylation sites is 1. The lowest BCUT2D eigenvalue weighted by atomic mass is 9.93. The van der Waals surface area contributed by atoms with Crippen molar-refractivity contribution in [2.75, 3.05) is 36.0 Å². The highest BCUT2D eigenvalue weighted by atomic mass is 15.3. The Hall–Kier alpha value is -3.20. The number of hydrogen-bond donors (Lipinski definition) is 0. The van der Waals surface area contributed by atoms with Gasteiger partial charge in [0.05, 0.1) is 17.3 Å². The molecule has 0 N–H and O–H groups in total. The van der Waals surface area contributed by atoms with Crippen molar-refractivity contribution in [1.82, 2.24) is 15.0 Å². The SMILES string of the molecule is Cc1cc(N2CC(c3nccnc3N3CCC(C#N)CC3)C2)nc2ccccc12. The molecule has 4 heterocycles. The third-order valence-electron chi connectivity index (χ3n) is 6.19. The molecule has 0 amide bonds. The first-order valence-electron chi connectivity index (χ1n) is 10.3. The lowest BCUT2D eigenvalue weighted by Gasteiger charge is -2.41. The van der Waals surface area contributed by atoms with Crippen LogP contribution >= 0.6 is 0 Å². The highest BCUT2D eigenvalue weighted by Crippen LogP contribution is 2.35. The largest absolute Gasteiger partial charge is 0.355 e. The van der Waals surface area contributed by atoms with Crippen molar-refractivity contribution < 1.29 is 0 Å². The van der Waals surface area contributed by atoms with E-state index in [0.717, 1.165) is 61.9 Å². The monoisotopic (exact) mass is 384 g/mol. The molecular weight excluding hydrogens is 360 g/mol. The molecule has 2 fully saturated rings. The van der Waals surface area contributed by atoms with Gasteiger partial charge in [0.2, 0.25) is 0 Å². The predicted molar refractivity (Wildman–Crippen MR) is 114 cm³/mol. The van der Waals surface area contributed by atoms with E-state index in [0.29, 0.717) is 5.92 Å². The number of pyridine rings is 1. The molecule has 6 heteroatoms. The summed E-state index contributed by atoms with van der Waals surface area (Å²) in [6.07, 6.45) is 5.38. The number of piperidine rings is 1. The molecule has 0 radical (unpaired) electrons. The average Bonchev–Trinajstić information content (AvgIpc) is 2.73. The van der Waals surface area contributed by atoms with Gasteiger partial charge in [0, 0.05) is 55.8 Å². The van der Waals surface area contributed by atoms with Crippen molar-refractivity contribution in [1.29, 1.82) is 5.26 Å². The fourth-order valence-electron chi connectivity index (χ4n) is 4.43. The van der Waals surface area contributed by atoms with Crippen LogP contribution in [-0.4, -0.2) is 41.1 Å². The van der Waals surface area contributed by atoms with Gasteiger partial charge in [-0.2, -0.15) is 5.26 Å². The van der Waals surface area contributed by atoms with Gasteiger partial charge in [-0.05, 0) is 37.5 Å². The maximum absolute atomic E-state index is 9.15. The van der Waals surface area contributed by atoms with Gasteiger partial charge in [-0.15, -0.1) is 0 Å². The van der Waals surface area contributed by atoms with E-state index in [1.165, 1.54) is 10.9 Å². The smallest absolute Gasteiger partial charge is 0.150 e. The minimum atomic E-state index is 0.174. The number of nitrogens with zero attached hydrogens (tertiary/aromatic N) is 6. The average molecular weight is 384 g/mol. The zero-order valence-corrected chi connectivity index (χ0v) is 16.6. The van der Waals surface area contributed by atoms with E-state index in [2.05, 4.69) is 52.0 Å². The molecule has 29 heavy (non-hydrogen) atoms. The summed E-state index contributed by atoms with van der Waals surface area (Å²) in [6.45, 7) is 5.73. The molecule has 2 aliphatic heterocycles.